The summed E-state index contributed by atoms with van der Waals surface area (Å²) in [6.45, 7) is 13.0. The lowest BCUT2D eigenvalue weighted by Gasteiger charge is -2.49. The van der Waals surface area contributed by atoms with Crippen LogP contribution >= 0.6 is 0 Å². The third kappa shape index (κ3) is 2.95. The normalized spacial score (nSPS) is 51.7. The Hall–Kier alpha value is -0.900. The molecule has 31 heavy (non-hydrogen) atoms. The van der Waals surface area contributed by atoms with Gasteiger partial charge in [0.15, 0.2) is 0 Å². The first-order chi connectivity index (χ1) is 14.8. The summed E-state index contributed by atoms with van der Waals surface area (Å²) in [6.07, 6.45) is 12.9. The summed E-state index contributed by atoms with van der Waals surface area (Å²) in [7, 11) is 0. The zero-order chi connectivity index (χ0) is 21.5. The van der Waals surface area contributed by atoms with Crippen molar-refractivity contribution >= 4 is 0 Å². The van der Waals surface area contributed by atoms with Gasteiger partial charge in [0.2, 0.25) is 0 Å². The van der Waals surface area contributed by atoms with Gasteiger partial charge in [-0.1, -0.05) is 43.2 Å². The largest absolute Gasteiger partial charge is 0.393 e. The molecule has 0 bridgehead atoms. The second-order valence-electron chi connectivity index (χ2n) is 12.3. The highest BCUT2D eigenvalue weighted by molar-refractivity contribution is 5.37. The van der Waals surface area contributed by atoms with E-state index in [1.54, 1.807) is 16.7 Å². The van der Waals surface area contributed by atoms with E-state index in [4.69, 9.17) is 4.74 Å². The van der Waals surface area contributed by atoms with Crippen LogP contribution in [-0.4, -0.2) is 35.5 Å². The molecule has 3 nitrogen and oxygen atoms in total. The minimum absolute atomic E-state index is 0.117. The summed E-state index contributed by atoms with van der Waals surface area (Å²) in [4.78, 5) is 0. The van der Waals surface area contributed by atoms with Crippen molar-refractivity contribution in [2.45, 2.75) is 102 Å². The van der Waals surface area contributed by atoms with Crippen LogP contribution in [0, 0.1) is 29.1 Å². The van der Waals surface area contributed by atoms with Crippen LogP contribution in [-0.2, 0) is 4.74 Å². The van der Waals surface area contributed by atoms with Crippen molar-refractivity contribution in [2.24, 2.45) is 29.1 Å². The molecular formula is C28H41NO2. The highest BCUT2D eigenvalue weighted by atomic mass is 16.5. The van der Waals surface area contributed by atoms with Crippen LogP contribution in [0.15, 0.2) is 34.9 Å². The Morgan fingerprint density at radius 3 is 2.90 bits per heavy atom. The van der Waals surface area contributed by atoms with Crippen molar-refractivity contribution < 1.29 is 9.84 Å². The third-order valence-electron chi connectivity index (χ3n) is 10.6. The molecule has 0 aromatic rings. The predicted molar refractivity (Wildman–Crippen MR) is 125 cm³/mol. The minimum atomic E-state index is -0.141. The molecule has 170 valence electrons. The Bertz CT molecular complexity index is 857. The van der Waals surface area contributed by atoms with Crippen LogP contribution in [0.3, 0.4) is 0 Å². The van der Waals surface area contributed by atoms with Crippen LogP contribution in [0.4, 0.5) is 0 Å². The van der Waals surface area contributed by atoms with Crippen molar-refractivity contribution in [1.82, 2.24) is 5.32 Å². The Labute approximate surface area is 188 Å². The van der Waals surface area contributed by atoms with E-state index in [1.165, 1.54) is 31.3 Å². The number of hydrogen-bond acceptors (Lipinski definition) is 3. The Kier molecular flexibility index (Phi) is 4.70. The van der Waals surface area contributed by atoms with Crippen molar-refractivity contribution in [1.29, 1.82) is 0 Å². The molecule has 6 rings (SSSR count). The summed E-state index contributed by atoms with van der Waals surface area (Å²) in [5.41, 5.74) is 6.43. The number of ether oxygens (including phenoxy) is 1. The van der Waals surface area contributed by atoms with Gasteiger partial charge >= 0.3 is 0 Å². The van der Waals surface area contributed by atoms with Crippen molar-refractivity contribution in [2.75, 3.05) is 6.54 Å². The minimum Gasteiger partial charge on any atom is -0.393 e. The molecule has 0 amide bonds. The molecule has 0 aromatic carbocycles. The average Bonchev–Trinajstić information content (AvgIpc) is 3.19. The second kappa shape index (κ2) is 7.05. The number of aliphatic hydroxyl groups excluding tert-OH is 1. The lowest BCUT2D eigenvalue weighted by atomic mass is 9.56. The van der Waals surface area contributed by atoms with Crippen molar-refractivity contribution in [3.63, 3.8) is 0 Å². The van der Waals surface area contributed by atoms with Crippen LogP contribution in [0.5, 0.6) is 0 Å². The molecule has 4 aliphatic carbocycles. The lowest BCUT2D eigenvalue weighted by Crippen LogP contribution is -2.46. The first kappa shape index (κ1) is 20.7. The van der Waals surface area contributed by atoms with Crippen LogP contribution in [0.25, 0.3) is 0 Å². The van der Waals surface area contributed by atoms with Gasteiger partial charge in [0, 0.05) is 6.42 Å². The van der Waals surface area contributed by atoms with Crippen molar-refractivity contribution in [3.05, 3.63) is 34.9 Å². The van der Waals surface area contributed by atoms with Gasteiger partial charge in [0.25, 0.3) is 0 Å². The van der Waals surface area contributed by atoms with Gasteiger partial charge in [-0.05, 0) is 99.5 Å². The van der Waals surface area contributed by atoms with E-state index in [0.29, 0.717) is 23.5 Å². The van der Waals surface area contributed by atoms with E-state index in [0.717, 1.165) is 56.4 Å². The van der Waals surface area contributed by atoms with Crippen LogP contribution < -0.4 is 5.32 Å². The Morgan fingerprint density at radius 1 is 1.23 bits per heavy atom. The molecule has 6 aliphatic rings. The van der Waals surface area contributed by atoms with E-state index in [2.05, 4.69) is 38.7 Å². The first-order valence-corrected chi connectivity index (χ1v) is 13.0. The molecule has 2 N–H and O–H groups in total. The molecule has 0 radical (unpaired) electrons. The summed E-state index contributed by atoms with van der Waals surface area (Å²) in [5, 5.41) is 14.0. The van der Waals surface area contributed by atoms with Crippen molar-refractivity contribution in [3.8, 4) is 0 Å². The highest BCUT2D eigenvalue weighted by Crippen LogP contribution is 2.63. The van der Waals surface area contributed by atoms with E-state index in [9.17, 15) is 5.11 Å². The molecule has 2 saturated carbocycles. The van der Waals surface area contributed by atoms with Gasteiger partial charge in [0.05, 0.1) is 23.9 Å². The summed E-state index contributed by atoms with van der Waals surface area (Å²) >= 11 is 0. The molecular weight excluding hydrogens is 382 g/mol. The Morgan fingerprint density at radius 2 is 2.06 bits per heavy atom. The standard InChI is InChI=1S/C28H41NO2/c1-16-11-25-26(29-15-16)18(3)28(31-25)10-8-21-22-6-5-19-12-20(30)7-9-27(19,4)24(22)13-23(21)17(2)14-28/h5,16,20-22,24-26,29-30H,3,6-15H2,1-2,4H3/t16-,20-,21-,22-,24-,25+,26-,27-,28-/m0/s1. The molecule has 2 heterocycles. The number of rotatable bonds is 0. The lowest BCUT2D eigenvalue weighted by molar-refractivity contribution is -0.0520. The molecule has 9 atom stereocenters. The maximum Gasteiger partial charge on any atom is 0.0946 e. The number of aliphatic hydroxyl groups is 1. The first-order valence-electron chi connectivity index (χ1n) is 13.0. The highest BCUT2D eigenvalue weighted by Gasteiger charge is 2.57. The van der Waals surface area contributed by atoms with Gasteiger partial charge in [-0.15, -0.1) is 0 Å². The van der Waals surface area contributed by atoms with E-state index in [1.807, 2.05) is 0 Å². The fourth-order valence-electron chi connectivity index (χ4n) is 8.80. The van der Waals surface area contributed by atoms with E-state index >= 15 is 0 Å². The van der Waals surface area contributed by atoms with Gasteiger partial charge in [-0.3, -0.25) is 0 Å². The van der Waals surface area contributed by atoms with Gasteiger partial charge in [-0.2, -0.15) is 0 Å². The van der Waals surface area contributed by atoms with Gasteiger partial charge in [0.1, 0.15) is 0 Å². The van der Waals surface area contributed by atoms with Gasteiger partial charge in [-0.25, -0.2) is 0 Å². The summed E-state index contributed by atoms with van der Waals surface area (Å²) < 4.78 is 6.91. The molecule has 4 fully saturated rings. The molecule has 3 heteroatoms. The monoisotopic (exact) mass is 423 g/mol. The zero-order valence-electron chi connectivity index (χ0n) is 19.8. The third-order valence-corrected chi connectivity index (χ3v) is 10.6. The van der Waals surface area contributed by atoms with Gasteiger partial charge < -0.3 is 15.2 Å². The molecule has 0 unspecified atom stereocenters. The fraction of sp³-hybridized carbons (Fsp3) is 0.786. The quantitative estimate of drug-likeness (QED) is 0.519. The number of nitrogens with one attached hydrogen (secondary N) is 1. The second-order valence-corrected chi connectivity index (χ2v) is 12.3. The predicted octanol–water partition coefficient (Wildman–Crippen LogP) is 5.31. The molecule has 0 aromatic heterocycles. The van der Waals surface area contributed by atoms with Crippen LogP contribution in [0.2, 0.25) is 0 Å². The van der Waals surface area contributed by atoms with E-state index in [-0.39, 0.29) is 11.7 Å². The average molecular weight is 424 g/mol. The molecule has 2 saturated heterocycles. The topological polar surface area (TPSA) is 41.5 Å². The number of piperidine rings is 1. The maximum atomic E-state index is 10.3. The number of hydrogen-bond donors (Lipinski definition) is 2. The summed E-state index contributed by atoms with van der Waals surface area (Å²) in [5.74, 6) is 2.95. The Balaban J connectivity index is 1.29. The molecule has 2 aliphatic heterocycles. The summed E-state index contributed by atoms with van der Waals surface area (Å²) in [6, 6.07) is 0.354. The SMILES string of the molecule is C=C1[C@@H]2NC[C@@H](C)C[C@H]2O[C@]12CC[C@@H]1C(=C(C)C2)C[C@H]2[C@H]1CC=C1C[C@@H](O)CC[C@@]12C. The smallest absolute Gasteiger partial charge is 0.0946 e. The molecule has 1 spiro atoms. The zero-order valence-corrected chi connectivity index (χ0v) is 19.8. The van der Waals surface area contributed by atoms with Crippen LogP contribution in [0.1, 0.15) is 78.6 Å². The number of fused-ring (bicyclic) bond motifs is 6. The van der Waals surface area contributed by atoms with E-state index < -0.39 is 0 Å². The maximum absolute atomic E-state index is 10.3. The number of allylic oxidation sites excluding steroid dienone is 2. The fourth-order valence-corrected chi connectivity index (χ4v) is 8.80.